The van der Waals surface area contributed by atoms with Crippen LogP contribution in [-0.4, -0.2) is 19.6 Å². The second-order valence-electron chi connectivity index (χ2n) is 6.23. The normalized spacial score (nSPS) is 11.9. The fraction of sp³-hybridized carbons (Fsp3) is 0.190. The summed E-state index contributed by atoms with van der Waals surface area (Å²) in [6, 6.07) is 13.4. The molecule has 7 heteroatoms. The molecule has 0 bridgehead atoms. The Balaban J connectivity index is 1.72. The van der Waals surface area contributed by atoms with Gasteiger partial charge in [-0.25, -0.2) is 4.39 Å². The van der Waals surface area contributed by atoms with Crippen LogP contribution in [0.15, 0.2) is 53.9 Å². The van der Waals surface area contributed by atoms with Crippen molar-refractivity contribution in [2.24, 2.45) is 0 Å². The summed E-state index contributed by atoms with van der Waals surface area (Å²) in [4.78, 5) is 13.6. The van der Waals surface area contributed by atoms with Gasteiger partial charge in [0, 0.05) is 16.0 Å². The Morgan fingerprint density at radius 2 is 2.00 bits per heavy atom. The number of thiophene rings is 1. The van der Waals surface area contributed by atoms with Gasteiger partial charge in [-0.15, -0.1) is 11.3 Å². The lowest BCUT2D eigenvalue weighted by atomic mass is 10.1. The maximum atomic E-state index is 13.3. The molecule has 1 unspecified atom stereocenters. The molecule has 3 rings (SSSR count). The van der Waals surface area contributed by atoms with Gasteiger partial charge >= 0.3 is 0 Å². The van der Waals surface area contributed by atoms with E-state index in [4.69, 9.17) is 16.3 Å². The van der Waals surface area contributed by atoms with E-state index in [9.17, 15) is 9.18 Å². The monoisotopic (exact) mass is 418 g/mol. The molecular weight excluding hydrogens is 399 g/mol. The molecule has 0 saturated heterocycles. The van der Waals surface area contributed by atoms with Gasteiger partial charge in [-0.05, 0) is 47.7 Å². The SMILES string of the molecule is COc1cc(Cl)c(C)cc1NC(=O)CNC(c1ccc(F)cc1)c1cccs1. The highest BCUT2D eigenvalue weighted by molar-refractivity contribution is 7.10. The Hall–Kier alpha value is -2.41. The first-order valence-electron chi connectivity index (χ1n) is 8.64. The summed E-state index contributed by atoms with van der Waals surface area (Å²) in [6.07, 6.45) is 0. The molecule has 0 fully saturated rings. The Labute approximate surface area is 172 Å². The number of benzene rings is 2. The fourth-order valence-electron chi connectivity index (χ4n) is 2.81. The highest BCUT2D eigenvalue weighted by Crippen LogP contribution is 2.31. The lowest BCUT2D eigenvalue weighted by Crippen LogP contribution is -2.31. The summed E-state index contributed by atoms with van der Waals surface area (Å²) in [5.41, 5.74) is 2.29. The van der Waals surface area contributed by atoms with Crippen molar-refractivity contribution in [3.8, 4) is 5.75 Å². The van der Waals surface area contributed by atoms with E-state index in [1.54, 1.807) is 35.6 Å². The standard InChI is InChI=1S/C21H20ClFN2O2S/c1-13-10-17(18(27-2)11-16(13)22)25-20(26)12-24-21(19-4-3-9-28-19)14-5-7-15(23)8-6-14/h3-11,21,24H,12H2,1-2H3,(H,25,26). The average molecular weight is 419 g/mol. The van der Waals surface area contributed by atoms with Gasteiger partial charge in [-0.2, -0.15) is 0 Å². The number of nitrogens with one attached hydrogen (secondary N) is 2. The molecule has 3 aromatic rings. The zero-order valence-electron chi connectivity index (χ0n) is 15.5. The third-order valence-corrected chi connectivity index (χ3v) is 5.60. The number of anilines is 1. The van der Waals surface area contributed by atoms with Gasteiger partial charge in [-0.3, -0.25) is 10.1 Å². The number of halogens is 2. The Morgan fingerprint density at radius 1 is 1.25 bits per heavy atom. The molecule has 146 valence electrons. The van der Waals surface area contributed by atoms with Crippen molar-refractivity contribution in [3.05, 3.63) is 80.8 Å². The van der Waals surface area contributed by atoms with Crippen molar-refractivity contribution in [2.75, 3.05) is 19.0 Å². The minimum Gasteiger partial charge on any atom is -0.495 e. The van der Waals surface area contributed by atoms with E-state index in [-0.39, 0.29) is 24.3 Å². The number of carbonyl (C=O) groups excluding carboxylic acids is 1. The Morgan fingerprint density at radius 3 is 2.64 bits per heavy atom. The number of methoxy groups -OCH3 is 1. The van der Waals surface area contributed by atoms with Crippen LogP contribution in [-0.2, 0) is 4.79 Å². The zero-order valence-corrected chi connectivity index (χ0v) is 17.0. The van der Waals surface area contributed by atoms with Crippen LogP contribution >= 0.6 is 22.9 Å². The second kappa shape index (κ2) is 9.19. The third-order valence-electron chi connectivity index (χ3n) is 4.25. The smallest absolute Gasteiger partial charge is 0.238 e. The maximum absolute atomic E-state index is 13.3. The Bertz CT molecular complexity index is 946. The van der Waals surface area contributed by atoms with Gasteiger partial charge in [0.15, 0.2) is 0 Å². The minimum absolute atomic E-state index is 0.0742. The number of hydrogen-bond acceptors (Lipinski definition) is 4. The van der Waals surface area contributed by atoms with E-state index in [1.807, 2.05) is 24.4 Å². The van der Waals surface area contributed by atoms with E-state index in [0.29, 0.717) is 16.5 Å². The van der Waals surface area contributed by atoms with Gasteiger partial charge in [0.2, 0.25) is 5.91 Å². The molecule has 1 heterocycles. The van der Waals surface area contributed by atoms with Crippen LogP contribution in [0.2, 0.25) is 5.02 Å². The van der Waals surface area contributed by atoms with E-state index in [2.05, 4.69) is 10.6 Å². The molecule has 28 heavy (non-hydrogen) atoms. The second-order valence-corrected chi connectivity index (χ2v) is 7.62. The molecule has 0 spiro atoms. The number of carbonyl (C=O) groups is 1. The molecule has 1 amide bonds. The maximum Gasteiger partial charge on any atom is 0.238 e. The van der Waals surface area contributed by atoms with Crippen molar-refractivity contribution in [2.45, 2.75) is 13.0 Å². The first-order valence-corrected chi connectivity index (χ1v) is 9.90. The summed E-state index contributed by atoms with van der Waals surface area (Å²) in [5.74, 6) is -0.0161. The summed E-state index contributed by atoms with van der Waals surface area (Å²) in [5, 5.41) is 8.64. The van der Waals surface area contributed by atoms with Crippen LogP contribution in [0.4, 0.5) is 10.1 Å². The number of ether oxygens (including phenoxy) is 1. The third kappa shape index (κ3) is 4.90. The van der Waals surface area contributed by atoms with Gasteiger partial charge in [-0.1, -0.05) is 29.8 Å². The molecule has 1 atom stereocenters. The largest absolute Gasteiger partial charge is 0.495 e. The highest BCUT2D eigenvalue weighted by Gasteiger charge is 2.17. The van der Waals surface area contributed by atoms with Crippen LogP contribution < -0.4 is 15.4 Å². The van der Waals surface area contributed by atoms with Gasteiger partial charge in [0.05, 0.1) is 25.4 Å². The van der Waals surface area contributed by atoms with E-state index in [0.717, 1.165) is 16.0 Å². The lowest BCUT2D eigenvalue weighted by Gasteiger charge is -2.18. The lowest BCUT2D eigenvalue weighted by molar-refractivity contribution is -0.115. The predicted octanol–water partition coefficient (Wildman–Crippen LogP) is 5.18. The van der Waals surface area contributed by atoms with Crippen molar-refractivity contribution in [1.82, 2.24) is 5.32 Å². The predicted molar refractivity (Wildman–Crippen MR) is 112 cm³/mol. The van der Waals surface area contributed by atoms with Crippen LogP contribution in [0.25, 0.3) is 0 Å². The van der Waals surface area contributed by atoms with Crippen LogP contribution in [0.5, 0.6) is 5.75 Å². The minimum atomic E-state index is -0.295. The van der Waals surface area contributed by atoms with Crippen LogP contribution in [0, 0.1) is 12.7 Å². The number of rotatable bonds is 7. The summed E-state index contributed by atoms with van der Waals surface area (Å²) in [7, 11) is 1.52. The molecule has 1 aromatic heterocycles. The van der Waals surface area contributed by atoms with Crippen molar-refractivity contribution < 1.29 is 13.9 Å². The van der Waals surface area contributed by atoms with Gasteiger partial charge in [0.25, 0.3) is 0 Å². The summed E-state index contributed by atoms with van der Waals surface area (Å²) < 4.78 is 18.6. The molecule has 4 nitrogen and oxygen atoms in total. The van der Waals surface area contributed by atoms with E-state index >= 15 is 0 Å². The van der Waals surface area contributed by atoms with Crippen molar-refractivity contribution in [3.63, 3.8) is 0 Å². The molecular formula is C21H20ClFN2O2S. The van der Waals surface area contributed by atoms with E-state index < -0.39 is 0 Å². The molecule has 2 N–H and O–H groups in total. The van der Waals surface area contributed by atoms with Gasteiger partial charge < -0.3 is 10.1 Å². The number of aryl methyl sites for hydroxylation is 1. The topological polar surface area (TPSA) is 50.4 Å². The molecule has 2 aromatic carbocycles. The number of amides is 1. The zero-order chi connectivity index (χ0) is 20.1. The van der Waals surface area contributed by atoms with Crippen LogP contribution in [0.1, 0.15) is 22.0 Å². The molecule has 0 saturated carbocycles. The highest BCUT2D eigenvalue weighted by atomic mass is 35.5. The average Bonchev–Trinajstić information content (AvgIpc) is 3.20. The molecule has 0 aliphatic carbocycles. The quantitative estimate of drug-likeness (QED) is 0.556. The molecule has 0 radical (unpaired) electrons. The van der Waals surface area contributed by atoms with Crippen LogP contribution in [0.3, 0.4) is 0 Å². The van der Waals surface area contributed by atoms with Gasteiger partial charge in [0.1, 0.15) is 11.6 Å². The molecule has 0 aliphatic rings. The summed E-state index contributed by atoms with van der Waals surface area (Å²) >= 11 is 7.68. The number of hydrogen-bond donors (Lipinski definition) is 2. The fourth-order valence-corrected chi connectivity index (χ4v) is 3.79. The van der Waals surface area contributed by atoms with Crippen molar-refractivity contribution in [1.29, 1.82) is 0 Å². The Kier molecular flexibility index (Phi) is 6.67. The first kappa shape index (κ1) is 20.3. The molecule has 0 aliphatic heterocycles. The van der Waals surface area contributed by atoms with Crippen molar-refractivity contribution >= 4 is 34.5 Å². The van der Waals surface area contributed by atoms with E-state index in [1.165, 1.54) is 19.2 Å². The first-order chi connectivity index (χ1) is 13.5. The summed E-state index contributed by atoms with van der Waals surface area (Å²) in [6.45, 7) is 1.93.